The van der Waals surface area contributed by atoms with Gasteiger partial charge in [-0.15, -0.1) is 11.3 Å². The Morgan fingerprint density at radius 1 is 1.04 bits per heavy atom. The molecule has 0 bridgehead atoms. The van der Waals surface area contributed by atoms with Crippen LogP contribution < -0.4 is 5.56 Å². The molecule has 0 aliphatic carbocycles. The zero-order chi connectivity index (χ0) is 17.2. The Bertz CT molecular complexity index is 954. The summed E-state index contributed by atoms with van der Waals surface area (Å²) in [5.41, 5.74) is 1.61. The van der Waals surface area contributed by atoms with Crippen LogP contribution in [-0.2, 0) is 0 Å². The van der Waals surface area contributed by atoms with Crippen LogP contribution in [0.1, 0.15) is 36.0 Å². The second kappa shape index (κ2) is 6.80. The molecule has 4 rings (SSSR count). The Morgan fingerprint density at radius 2 is 1.76 bits per heavy atom. The molecule has 1 aliphatic rings. The van der Waals surface area contributed by atoms with Crippen LogP contribution in [0.4, 0.5) is 0 Å². The number of likely N-dealkylation sites (tertiary alicyclic amines) is 1. The van der Waals surface area contributed by atoms with Crippen molar-refractivity contribution >= 4 is 22.2 Å². The molecule has 1 amide bonds. The smallest absolute Gasteiger partial charge is 0.271 e. The first-order valence-electron chi connectivity index (χ1n) is 8.59. The van der Waals surface area contributed by atoms with E-state index in [-0.39, 0.29) is 17.0 Å². The highest BCUT2D eigenvalue weighted by Crippen LogP contribution is 2.23. The molecular formula is C19H19N3O2S. The Balaban J connectivity index is 1.79. The molecule has 25 heavy (non-hydrogen) atoms. The molecular weight excluding hydrogens is 334 g/mol. The van der Waals surface area contributed by atoms with Gasteiger partial charge in [0, 0.05) is 24.7 Å². The van der Waals surface area contributed by atoms with Crippen molar-refractivity contribution in [3.8, 4) is 11.3 Å². The summed E-state index contributed by atoms with van der Waals surface area (Å²) < 4.78 is 1.56. The third kappa shape index (κ3) is 2.98. The first-order chi connectivity index (χ1) is 12.3. The minimum atomic E-state index is -0.278. The molecule has 6 heteroatoms. The molecule has 1 saturated heterocycles. The molecule has 3 aromatic rings. The Labute approximate surface area is 149 Å². The fourth-order valence-electron chi connectivity index (χ4n) is 3.29. The highest BCUT2D eigenvalue weighted by Gasteiger charge is 2.22. The molecule has 0 atom stereocenters. The summed E-state index contributed by atoms with van der Waals surface area (Å²) in [6, 6.07) is 9.72. The van der Waals surface area contributed by atoms with Crippen molar-refractivity contribution in [1.29, 1.82) is 0 Å². The minimum Gasteiger partial charge on any atom is -0.338 e. The van der Waals surface area contributed by atoms with Gasteiger partial charge in [-0.25, -0.2) is 4.98 Å². The van der Waals surface area contributed by atoms with Crippen LogP contribution in [0, 0.1) is 0 Å². The molecule has 5 nitrogen and oxygen atoms in total. The molecule has 0 N–H and O–H groups in total. The van der Waals surface area contributed by atoms with Crippen molar-refractivity contribution in [3.05, 3.63) is 57.8 Å². The lowest BCUT2D eigenvalue weighted by atomic mass is 10.2. The van der Waals surface area contributed by atoms with Crippen LogP contribution >= 0.6 is 11.3 Å². The second-order valence-electron chi connectivity index (χ2n) is 6.29. The van der Waals surface area contributed by atoms with Crippen molar-refractivity contribution in [1.82, 2.24) is 14.3 Å². The lowest BCUT2D eigenvalue weighted by Crippen LogP contribution is -2.36. The van der Waals surface area contributed by atoms with E-state index in [1.807, 2.05) is 35.7 Å². The number of fused-ring (bicyclic) bond motifs is 1. The Kier molecular flexibility index (Phi) is 4.36. The number of rotatable bonds is 2. The average Bonchev–Trinajstić information content (AvgIpc) is 2.90. The van der Waals surface area contributed by atoms with Gasteiger partial charge in [0.1, 0.15) is 5.56 Å². The number of hydrogen-bond donors (Lipinski definition) is 0. The van der Waals surface area contributed by atoms with E-state index in [4.69, 9.17) is 0 Å². The number of aromatic nitrogens is 2. The highest BCUT2D eigenvalue weighted by atomic mass is 32.1. The van der Waals surface area contributed by atoms with E-state index < -0.39 is 0 Å². The summed E-state index contributed by atoms with van der Waals surface area (Å²) >= 11 is 1.41. The normalized spacial score (nSPS) is 15.3. The van der Waals surface area contributed by atoms with E-state index in [0.717, 1.165) is 50.0 Å². The quantitative estimate of drug-likeness (QED) is 0.709. The zero-order valence-electron chi connectivity index (χ0n) is 13.9. The second-order valence-corrected chi connectivity index (χ2v) is 7.12. The van der Waals surface area contributed by atoms with Gasteiger partial charge in [0.25, 0.3) is 11.5 Å². The summed E-state index contributed by atoms with van der Waals surface area (Å²) in [4.78, 5) is 32.7. The van der Waals surface area contributed by atoms with Crippen molar-refractivity contribution in [3.63, 3.8) is 0 Å². The lowest BCUT2D eigenvalue weighted by molar-refractivity contribution is 0.0759. The summed E-state index contributed by atoms with van der Waals surface area (Å²) in [6.45, 7) is 1.44. The van der Waals surface area contributed by atoms with Gasteiger partial charge in [-0.05, 0) is 18.4 Å². The molecule has 1 aromatic carbocycles. The van der Waals surface area contributed by atoms with Gasteiger partial charge in [0.2, 0.25) is 0 Å². The van der Waals surface area contributed by atoms with Crippen LogP contribution in [0.25, 0.3) is 16.2 Å². The monoisotopic (exact) mass is 353 g/mol. The van der Waals surface area contributed by atoms with Crippen molar-refractivity contribution < 1.29 is 4.79 Å². The SMILES string of the molecule is O=C(c1cnc2scc(-c3ccccc3)n2c1=O)N1CCCCCC1. The number of benzene rings is 1. The van der Waals surface area contributed by atoms with Crippen molar-refractivity contribution in [2.75, 3.05) is 13.1 Å². The molecule has 1 aliphatic heterocycles. The third-order valence-corrected chi connectivity index (χ3v) is 5.48. The maximum atomic E-state index is 13.0. The van der Waals surface area contributed by atoms with E-state index in [2.05, 4.69) is 4.98 Å². The Morgan fingerprint density at radius 3 is 2.48 bits per heavy atom. The summed E-state index contributed by atoms with van der Waals surface area (Å²) in [5.74, 6) is -0.195. The van der Waals surface area contributed by atoms with Gasteiger partial charge in [0.05, 0.1) is 5.69 Å². The Hall–Kier alpha value is -2.47. The average molecular weight is 353 g/mol. The van der Waals surface area contributed by atoms with Gasteiger partial charge in [0.15, 0.2) is 4.96 Å². The molecule has 1 fully saturated rings. The predicted octanol–water partition coefficient (Wildman–Crippen LogP) is 3.44. The third-order valence-electron chi connectivity index (χ3n) is 4.64. The lowest BCUT2D eigenvalue weighted by Gasteiger charge is -2.19. The van der Waals surface area contributed by atoms with Crippen LogP contribution in [-0.4, -0.2) is 33.3 Å². The number of hydrogen-bond acceptors (Lipinski definition) is 4. The van der Waals surface area contributed by atoms with E-state index in [0.29, 0.717) is 4.96 Å². The number of thiazole rings is 1. The number of carbonyl (C=O) groups is 1. The van der Waals surface area contributed by atoms with Gasteiger partial charge in [-0.2, -0.15) is 0 Å². The fourth-order valence-corrected chi connectivity index (χ4v) is 4.15. The summed E-state index contributed by atoms with van der Waals surface area (Å²) in [5, 5.41) is 1.92. The van der Waals surface area contributed by atoms with E-state index in [9.17, 15) is 9.59 Å². The molecule has 0 spiro atoms. The molecule has 0 unspecified atom stereocenters. The van der Waals surface area contributed by atoms with Gasteiger partial charge in [-0.1, -0.05) is 43.2 Å². The topological polar surface area (TPSA) is 54.7 Å². The van der Waals surface area contributed by atoms with E-state index >= 15 is 0 Å². The minimum absolute atomic E-state index is 0.162. The van der Waals surface area contributed by atoms with Gasteiger partial charge >= 0.3 is 0 Å². The van der Waals surface area contributed by atoms with E-state index in [1.165, 1.54) is 17.5 Å². The predicted molar refractivity (Wildman–Crippen MR) is 99.1 cm³/mol. The van der Waals surface area contributed by atoms with Crippen molar-refractivity contribution in [2.45, 2.75) is 25.7 Å². The number of amides is 1. The maximum Gasteiger partial charge on any atom is 0.271 e. The standard InChI is InChI=1S/C19H19N3O2S/c23-17(21-10-6-1-2-7-11-21)15-12-20-19-22(18(15)24)16(13-25-19)14-8-4-3-5-9-14/h3-5,8-9,12-13H,1-2,6-7,10-11H2. The molecule has 2 aromatic heterocycles. The number of carbonyl (C=O) groups excluding carboxylic acids is 1. The molecule has 0 radical (unpaired) electrons. The molecule has 3 heterocycles. The van der Waals surface area contributed by atoms with Gasteiger partial charge in [-0.3, -0.25) is 14.0 Å². The van der Waals surface area contributed by atoms with Crippen molar-refractivity contribution in [2.24, 2.45) is 0 Å². The van der Waals surface area contributed by atoms with E-state index in [1.54, 1.807) is 9.30 Å². The summed E-state index contributed by atoms with van der Waals surface area (Å²) in [7, 11) is 0. The zero-order valence-corrected chi connectivity index (χ0v) is 14.7. The van der Waals surface area contributed by atoms with Crippen LogP contribution in [0.3, 0.4) is 0 Å². The molecule has 128 valence electrons. The van der Waals surface area contributed by atoms with Crippen LogP contribution in [0.15, 0.2) is 46.7 Å². The number of nitrogens with zero attached hydrogens (tertiary/aromatic N) is 3. The van der Waals surface area contributed by atoms with Crippen LogP contribution in [0.2, 0.25) is 0 Å². The largest absolute Gasteiger partial charge is 0.338 e. The highest BCUT2D eigenvalue weighted by molar-refractivity contribution is 7.15. The van der Waals surface area contributed by atoms with Gasteiger partial charge < -0.3 is 4.90 Å². The molecule has 0 saturated carbocycles. The summed E-state index contributed by atoms with van der Waals surface area (Å²) in [6.07, 6.45) is 5.72. The first-order valence-corrected chi connectivity index (χ1v) is 9.47. The first kappa shape index (κ1) is 16.0. The maximum absolute atomic E-state index is 13.0. The van der Waals surface area contributed by atoms with Crippen LogP contribution in [0.5, 0.6) is 0 Å². The fraction of sp³-hybridized carbons (Fsp3) is 0.316.